The number of nitrogens with zero attached hydrogens (tertiary/aromatic N) is 1. The highest BCUT2D eigenvalue weighted by molar-refractivity contribution is 5.95. The zero-order valence-electron chi connectivity index (χ0n) is 20.0. The van der Waals surface area contributed by atoms with Gasteiger partial charge in [0.25, 0.3) is 5.91 Å². The maximum Gasteiger partial charge on any atom is 0.417 e. The van der Waals surface area contributed by atoms with Crippen molar-refractivity contribution >= 4 is 11.6 Å². The highest BCUT2D eigenvalue weighted by atomic mass is 19.4. The Morgan fingerprint density at radius 2 is 1.92 bits per heavy atom. The Hall–Kier alpha value is -2.83. The van der Waals surface area contributed by atoms with Crippen LogP contribution in [0.25, 0.3) is 0 Å². The first-order chi connectivity index (χ1) is 16.9. The van der Waals surface area contributed by atoms with E-state index in [1.807, 2.05) is 0 Å². The molecule has 0 saturated carbocycles. The molecule has 4 atom stereocenters. The highest BCUT2D eigenvalue weighted by Gasteiger charge is 2.66. The van der Waals surface area contributed by atoms with Gasteiger partial charge < -0.3 is 24.8 Å². The second-order valence-electron chi connectivity index (χ2n) is 9.19. The Morgan fingerprint density at radius 1 is 1.22 bits per heavy atom. The van der Waals surface area contributed by atoms with Gasteiger partial charge in [-0.25, -0.2) is 4.39 Å². The molecule has 1 aromatic heterocycles. The van der Waals surface area contributed by atoms with Gasteiger partial charge in [0, 0.05) is 29.3 Å². The van der Waals surface area contributed by atoms with Crippen LogP contribution < -0.4 is 15.4 Å². The number of amides is 1. The molecule has 2 aromatic rings. The SMILES string of the molecule is CNC1(c2cc(NC(=O)[C@@H]3O[C@@](C)(C(F)(F)F)[C@@H](C)[C@H]3c3ccc(F)c(F)c3OC)ccn2)COC1. The van der Waals surface area contributed by atoms with Crippen molar-refractivity contribution in [2.45, 2.75) is 43.2 Å². The van der Waals surface area contributed by atoms with Crippen LogP contribution in [0.5, 0.6) is 5.75 Å². The molecule has 0 spiro atoms. The lowest BCUT2D eigenvalue weighted by Crippen LogP contribution is -2.56. The summed E-state index contributed by atoms with van der Waals surface area (Å²) in [5.74, 6) is -6.70. The number of nitrogens with one attached hydrogen (secondary N) is 2. The second kappa shape index (κ2) is 9.24. The van der Waals surface area contributed by atoms with Gasteiger partial charge in [0.15, 0.2) is 17.2 Å². The van der Waals surface area contributed by atoms with Crippen molar-refractivity contribution in [3.05, 3.63) is 53.4 Å². The number of benzene rings is 1. The number of rotatable bonds is 6. The average molecular weight is 515 g/mol. The lowest BCUT2D eigenvalue weighted by Gasteiger charge is -2.40. The largest absolute Gasteiger partial charge is 0.493 e. The van der Waals surface area contributed by atoms with Gasteiger partial charge in [-0.2, -0.15) is 17.6 Å². The molecule has 1 amide bonds. The number of aromatic nitrogens is 1. The van der Waals surface area contributed by atoms with Gasteiger partial charge >= 0.3 is 6.18 Å². The molecule has 0 aliphatic carbocycles. The van der Waals surface area contributed by atoms with Gasteiger partial charge in [-0.1, -0.05) is 13.0 Å². The second-order valence-corrected chi connectivity index (χ2v) is 9.19. The molecule has 0 bridgehead atoms. The number of likely N-dealkylation sites (N-methyl/N-ethyl adjacent to an activating group) is 1. The zero-order valence-corrected chi connectivity index (χ0v) is 20.0. The molecular formula is C24H26F5N3O4. The number of hydrogen-bond acceptors (Lipinski definition) is 6. The number of alkyl halides is 3. The minimum absolute atomic E-state index is 0.104. The van der Waals surface area contributed by atoms with Crippen molar-refractivity contribution in [1.29, 1.82) is 0 Å². The number of anilines is 1. The summed E-state index contributed by atoms with van der Waals surface area (Å²) in [6.07, 6.45) is -5.08. The van der Waals surface area contributed by atoms with Gasteiger partial charge in [-0.3, -0.25) is 9.78 Å². The summed E-state index contributed by atoms with van der Waals surface area (Å²) in [5, 5.41) is 5.71. The van der Waals surface area contributed by atoms with Crippen LogP contribution in [0.1, 0.15) is 31.0 Å². The van der Waals surface area contributed by atoms with Crippen LogP contribution in [-0.2, 0) is 19.8 Å². The third-order valence-electron chi connectivity index (χ3n) is 7.26. The third kappa shape index (κ3) is 4.10. The number of hydrogen-bond donors (Lipinski definition) is 2. The van der Waals surface area contributed by atoms with Crippen molar-refractivity contribution in [3.8, 4) is 5.75 Å². The number of carbonyl (C=O) groups is 1. The topological polar surface area (TPSA) is 81.7 Å². The van der Waals surface area contributed by atoms with E-state index in [4.69, 9.17) is 14.2 Å². The zero-order chi connectivity index (χ0) is 26.5. The van der Waals surface area contributed by atoms with Gasteiger partial charge in [0.05, 0.1) is 26.0 Å². The van der Waals surface area contributed by atoms with Crippen LogP contribution in [-0.4, -0.2) is 56.1 Å². The molecule has 3 heterocycles. The van der Waals surface area contributed by atoms with Crippen LogP contribution in [0.15, 0.2) is 30.5 Å². The summed E-state index contributed by atoms with van der Waals surface area (Å²) in [7, 11) is 2.81. The average Bonchev–Trinajstić information content (AvgIpc) is 3.07. The van der Waals surface area contributed by atoms with E-state index in [1.54, 1.807) is 13.1 Å². The lowest BCUT2D eigenvalue weighted by molar-refractivity contribution is -0.272. The molecular weight excluding hydrogens is 489 g/mol. The number of ether oxygens (including phenoxy) is 3. The molecule has 0 unspecified atom stereocenters. The quantitative estimate of drug-likeness (QED) is 0.569. The first kappa shape index (κ1) is 26.2. The molecule has 2 aliphatic rings. The number of methoxy groups -OCH3 is 1. The van der Waals surface area contributed by atoms with E-state index in [2.05, 4.69) is 15.6 Å². The summed E-state index contributed by atoms with van der Waals surface area (Å²) >= 11 is 0. The summed E-state index contributed by atoms with van der Waals surface area (Å²) < 4.78 is 86.3. The normalized spacial score (nSPS) is 27.4. The van der Waals surface area contributed by atoms with Crippen LogP contribution in [0.4, 0.5) is 27.6 Å². The standard InChI is InChI=1S/C24H26F5N3O4/c1-12-17(14-5-6-15(25)18(26)19(14)34-4)20(36-22(12,2)24(27,28)29)21(33)32-13-7-8-31-16(9-13)23(30-3)10-35-11-23/h5-9,12,17,20,30H,10-11H2,1-4H3,(H,31,32,33)/t12-,17-,20+,22+/m0/s1. The minimum Gasteiger partial charge on any atom is -0.493 e. The number of carbonyl (C=O) groups excluding carboxylic acids is 1. The fraction of sp³-hybridized carbons (Fsp3) is 0.500. The molecule has 2 N–H and O–H groups in total. The van der Waals surface area contributed by atoms with Crippen LogP contribution in [0.3, 0.4) is 0 Å². The van der Waals surface area contributed by atoms with E-state index in [0.717, 1.165) is 26.2 Å². The molecule has 196 valence electrons. The van der Waals surface area contributed by atoms with Gasteiger partial charge in [0.1, 0.15) is 11.6 Å². The Labute approximate surface area is 204 Å². The third-order valence-corrected chi connectivity index (χ3v) is 7.26. The first-order valence-corrected chi connectivity index (χ1v) is 11.2. The molecule has 2 aliphatic heterocycles. The Morgan fingerprint density at radius 3 is 2.47 bits per heavy atom. The smallest absolute Gasteiger partial charge is 0.417 e. The lowest BCUT2D eigenvalue weighted by atomic mass is 9.77. The minimum atomic E-state index is -4.85. The van der Waals surface area contributed by atoms with Crippen LogP contribution in [0, 0.1) is 17.6 Å². The monoisotopic (exact) mass is 515 g/mol. The molecule has 36 heavy (non-hydrogen) atoms. The molecule has 1 aromatic carbocycles. The van der Waals surface area contributed by atoms with Gasteiger partial charge in [-0.15, -0.1) is 0 Å². The van der Waals surface area contributed by atoms with E-state index >= 15 is 0 Å². The maximum atomic E-state index is 14.5. The molecule has 7 nitrogen and oxygen atoms in total. The molecule has 2 fully saturated rings. The van der Waals surface area contributed by atoms with E-state index < -0.39 is 58.5 Å². The predicted octanol–water partition coefficient (Wildman–Crippen LogP) is 3.89. The fourth-order valence-corrected chi connectivity index (χ4v) is 4.75. The molecule has 2 saturated heterocycles. The number of pyridine rings is 1. The Balaban J connectivity index is 1.72. The van der Waals surface area contributed by atoms with Crippen LogP contribution in [0.2, 0.25) is 0 Å². The predicted molar refractivity (Wildman–Crippen MR) is 119 cm³/mol. The molecule has 0 radical (unpaired) electrons. The van der Waals surface area contributed by atoms with E-state index in [9.17, 15) is 26.7 Å². The van der Waals surface area contributed by atoms with Crippen molar-refractivity contribution in [1.82, 2.24) is 10.3 Å². The summed E-state index contributed by atoms with van der Waals surface area (Å²) in [6, 6.07) is 4.97. The molecule has 4 rings (SSSR count). The van der Waals surface area contributed by atoms with Gasteiger partial charge in [-0.05, 0) is 32.2 Å². The highest BCUT2D eigenvalue weighted by Crippen LogP contribution is 2.55. The number of halogens is 5. The first-order valence-electron chi connectivity index (χ1n) is 11.2. The Kier molecular flexibility index (Phi) is 6.73. The van der Waals surface area contributed by atoms with Crippen molar-refractivity contribution < 1.29 is 41.0 Å². The van der Waals surface area contributed by atoms with E-state index in [1.165, 1.54) is 19.2 Å². The molecule has 12 heteroatoms. The summed E-state index contributed by atoms with van der Waals surface area (Å²) in [5.41, 5.74) is -2.53. The summed E-state index contributed by atoms with van der Waals surface area (Å²) in [4.78, 5) is 17.7. The summed E-state index contributed by atoms with van der Waals surface area (Å²) in [6.45, 7) is 2.81. The fourth-order valence-electron chi connectivity index (χ4n) is 4.75. The maximum absolute atomic E-state index is 14.5. The van der Waals surface area contributed by atoms with Gasteiger partial charge in [0.2, 0.25) is 5.82 Å². The van der Waals surface area contributed by atoms with E-state index in [-0.39, 0.29) is 11.3 Å². The van der Waals surface area contributed by atoms with Crippen molar-refractivity contribution in [2.24, 2.45) is 5.92 Å². The van der Waals surface area contributed by atoms with Crippen molar-refractivity contribution in [3.63, 3.8) is 0 Å². The Bertz CT molecular complexity index is 1150. The van der Waals surface area contributed by atoms with E-state index in [0.29, 0.717) is 18.9 Å². The van der Waals surface area contributed by atoms with Crippen molar-refractivity contribution in [2.75, 3.05) is 32.7 Å². The van der Waals surface area contributed by atoms with Crippen LogP contribution >= 0.6 is 0 Å².